The maximum Gasteiger partial charge on any atom is 0.327 e. The normalized spacial score (nSPS) is 12.4. The topological polar surface area (TPSA) is 65.2 Å². The first-order valence-electron chi connectivity index (χ1n) is 4.91. The maximum atomic E-state index is 11.4. The van der Waals surface area contributed by atoms with E-state index in [-0.39, 0.29) is 0 Å². The molecule has 4 nitrogen and oxygen atoms in total. The van der Waals surface area contributed by atoms with Crippen LogP contribution in [0, 0.1) is 0 Å². The van der Waals surface area contributed by atoms with Gasteiger partial charge in [-0.15, -0.1) is 0 Å². The Hall–Kier alpha value is -1.94. The zero-order valence-corrected chi connectivity index (χ0v) is 8.88. The van der Waals surface area contributed by atoms with Gasteiger partial charge in [-0.1, -0.05) is 24.3 Å². The minimum atomic E-state index is -0.788. The fourth-order valence-corrected chi connectivity index (χ4v) is 1.63. The van der Waals surface area contributed by atoms with Crippen molar-refractivity contribution < 1.29 is 9.53 Å². The van der Waals surface area contributed by atoms with Crippen LogP contribution in [-0.4, -0.2) is 18.1 Å². The van der Waals surface area contributed by atoms with Gasteiger partial charge in [0.05, 0.1) is 12.6 Å². The molecule has 1 unspecified atom stereocenters. The number of rotatable bonds is 2. The van der Waals surface area contributed by atoms with Crippen molar-refractivity contribution in [3.8, 4) is 0 Å². The number of aromatic nitrogens is 1. The molecule has 2 N–H and O–H groups in total. The summed E-state index contributed by atoms with van der Waals surface area (Å²) in [7, 11) is 1.32. The molecule has 0 amide bonds. The molecule has 0 fully saturated rings. The molecule has 0 saturated heterocycles. The Morgan fingerprint density at radius 2 is 2.12 bits per heavy atom. The van der Waals surface area contributed by atoms with Gasteiger partial charge in [-0.25, -0.2) is 0 Å². The summed E-state index contributed by atoms with van der Waals surface area (Å²) in [6.07, 6.45) is 1.68. The van der Waals surface area contributed by atoms with Crippen LogP contribution in [0.5, 0.6) is 0 Å². The van der Waals surface area contributed by atoms with E-state index < -0.39 is 12.0 Å². The van der Waals surface area contributed by atoms with Crippen LogP contribution in [0.25, 0.3) is 10.9 Å². The molecule has 2 aromatic rings. The number of fused-ring (bicyclic) bond motifs is 1. The van der Waals surface area contributed by atoms with Crippen molar-refractivity contribution in [3.63, 3.8) is 0 Å². The number of hydrogen-bond acceptors (Lipinski definition) is 4. The molecule has 0 spiro atoms. The summed E-state index contributed by atoms with van der Waals surface area (Å²) in [6.45, 7) is 0. The van der Waals surface area contributed by atoms with Crippen molar-refractivity contribution in [2.45, 2.75) is 6.04 Å². The lowest BCUT2D eigenvalue weighted by Crippen LogP contribution is -2.22. The van der Waals surface area contributed by atoms with E-state index in [1.807, 2.05) is 24.3 Å². The van der Waals surface area contributed by atoms with Gasteiger partial charge in [0.2, 0.25) is 0 Å². The van der Waals surface area contributed by atoms with Gasteiger partial charge >= 0.3 is 5.97 Å². The fourth-order valence-electron chi connectivity index (χ4n) is 1.63. The van der Waals surface area contributed by atoms with Crippen LogP contribution in [0.3, 0.4) is 0 Å². The quantitative estimate of drug-likeness (QED) is 0.771. The number of esters is 1. The second kappa shape index (κ2) is 4.28. The Labute approximate surface area is 93.0 Å². The number of methoxy groups -OCH3 is 1. The highest BCUT2D eigenvalue weighted by molar-refractivity contribution is 5.88. The Bertz CT molecular complexity index is 520. The molecular formula is C12H12N2O2. The molecule has 1 aromatic carbocycles. The van der Waals surface area contributed by atoms with Gasteiger partial charge in [0.25, 0.3) is 0 Å². The lowest BCUT2D eigenvalue weighted by molar-refractivity contribution is -0.142. The van der Waals surface area contributed by atoms with Crippen molar-refractivity contribution >= 4 is 16.9 Å². The Balaban J connectivity index is 2.56. The minimum Gasteiger partial charge on any atom is -0.468 e. The minimum absolute atomic E-state index is 0.460. The summed E-state index contributed by atoms with van der Waals surface area (Å²) < 4.78 is 4.62. The predicted octanol–water partition coefficient (Wildman–Crippen LogP) is 1.41. The molecule has 0 aliphatic heterocycles. The maximum absolute atomic E-state index is 11.4. The second-order valence-electron chi connectivity index (χ2n) is 3.42. The fraction of sp³-hybridized carbons (Fsp3) is 0.167. The van der Waals surface area contributed by atoms with Crippen LogP contribution in [0.2, 0.25) is 0 Å². The molecule has 0 radical (unpaired) electrons. The number of nitrogens with zero attached hydrogens (tertiary/aromatic N) is 1. The number of para-hydroxylation sites is 1. The summed E-state index contributed by atoms with van der Waals surface area (Å²) in [5, 5.41) is 0.958. The zero-order chi connectivity index (χ0) is 11.5. The molecule has 4 heteroatoms. The monoisotopic (exact) mass is 216 g/mol. The molecule has 16 heavy (non-hydrogen) atoms. The third-order valence-electron chi connectivity index (χ3n) is 2.45. The molecule has 82 valence electrons. The molecule has 1 aromatic heterocycles. The summed E-state index contributed by atoms with van der Waals surface area (Å²) in [5.41, 5.74) is 7.22. The highest BCUT2D eigenvalue weighted by Crippen LogP contribution is 2.21. The third-order valence-corrected chi connectivity index (χ3v) is 2.45. The van der Waals surface area contributed by atoms with Crippen LogP contribution >= 0.6 is 0 Å². The molecule has 0 bridgehead atoms. The molecule has 0 saturated carbocycles. The van der Waals surface area contributed by atoms with Gasteiger partial charge in [0.1, 0.15) is 6.04 Å². The smallest absolute Gasteiger partial charge is 0.327 e. The van der Waals surface area contributed by atoms with E-state index in [0.29, 0.717) is 5.56 Å². The van der Waals surface area contributed by atoms with Gasteiger partial charge in [0.15, 0.2) is 0 Å². The van der Waals surface area contributed by atoms with Crippen molar-refractivity contribution in [2.24, 2.45) is 5.73 Å². The van der Waals surface area contributed by atoms with E-state index >= 15 is 0 Å². The van der Waals surface area contributed by atoms with Gasteiger partial charge in [-0.2, -0.15) is 0 Å². The van der Waals surface area contributed by atoms with Crippen LogP contribution in [0.15, 0.2) is 36.5 Å². The van der Waals surface area contributed by atoms with Crippen molar-refractivity contribution in [2.75, 3.05) is 7.11 Å². The number of benzene rings is 1. The summed E-state index contributed by atoms with van der Waals surface area (Å²) in [4.78, 5) is 15.6. The molecule has 0 aliphatic carbocycles. The Kier molecular flexibility index (Phi) is 2.83. The first-order valence-corrected chi connectivity index (χ1v) is 4.91. The second-order valence-corrected chi connectivity index (χ2v) is 3.42. The summed E-state index contributed by atoms with van der Waals surface area (Å²) in [6, 6.07) is 8.55. The van der Waals surface area contributed by atoms with Gasteiger partial charge < -0.3 is 10.5 Å². The molecular weight excluding hydrogens is 204 g/mol. The molecule has 0 aliphatic rings. The number of carbonyl (C=O) groups is 1. The van der Waals surface area contributed by atoms with E-state index in [1.165, 1.54) is 7.11 Å². The highest BCUT2D eigenvalue weighted by atomic mass is 16.5. The van der Waals surface area contributed by atoms with E-state index in [2.05, 4.69) is 9.72 Å². The highest BCUT2D eigenvalue weighted by Gasteiger charge is 2.18. The number of ether oxygens (including phenoxy) is 1. The average Bonchev–Trinajstić information content (AvgIpc) is 2.36. The first-order chi connectivity index (χ1) is 7.74. The SMILES string of the molecule is COC(=O)C(N)c1cccc2cccnc12. The largest absolute Gasteiger partial charge is 0.468 e. The average molecular weight is 216 g/mol. The molecule has 2 rings (SSSR count). The number of hydrogen-bond donors (Lipinski definition) is 1. The number of carbonyl (C=O) groups excluding carboxylic acids is 1. The van der Waals surface area contributed by atoms with Crippen molar-refractivity contribution in [1.82, 2.24) is 4.98 Å². The van der Waals surface area contributed by atoms with E-state index in [4.69, 9.17) is 5.73 Å². The Morgan fingerprint density at radius 3 is 2.88 bits per heavy atom. The van der Waals surface area contributed by atoms with Crippen LogP contribution in [-0.2, 0) is 9.53 Å². The Morgan fingerprint density at radius 1 is 1.38 bits per heavy atom. The standard InChI is InChI=1S/C12H12N2O2/c1-16-12(15)10(13)9-6-2-4-8-5-3-7-14-11(8)9/h2-7,10H,13H2,1H3. The molecule has 1 heterocycles. The van der Waals surface area contributed by atoms with E-state index in [1.54, 1.807) is 12.3 Å². The van der Waals surface area contributed by atoms with Gasteiger partial charge in [-0.3, -0.25) is 9.78 Å². The van der Waals surface area contributed by atoms with Crippen LogP contribution in [0.4, 0.5) is 0 Å². The lowest BCUT2D eigenvalue weighted by atomic mass is 10.0. The predicted molar refractivity (Wildman–Crippen MR) is 60.7 cm³/mol. The van der Waals surface area contributed by atoms with Gasteiger partial charge in [0, 0.05) is 17.1 Å². The number of pyridine rings is 1. The number of nitrogens with two attached hydrogens (primary N) is 1. The zero-order valence-electron chi connectivity index (χ0n) is 8.88. The lowest BCUT2D eigenvalue weighted by Gasteiger charge is -2.11. The molecule has 1 atom stereocenters. The van der Waals surface area contributed by atoms with Crippen molar-refractivity contribution in [1.29, 1.82) is 0 Å². The third kappa shape index (κ3) is 1.75. The van der Waals surface area contributed by atoms with Crippen LogP contribution < -0.4 is 5.73 Å². The van der Waals surface area contributed by atoms with Gasteiger partial charge in [-0.05, 0) is 6.07 Å². The summed E-state index contributed by atoms with van der Waals surface area (Å²) >= 11 is 0. The van der Waals surface area contributed by atoms with E-state index in [0.717, 1.165) is 10.9 Å². The first kappa shape index (κ1) is 10.6. The summed E-state index contributed by atoms with van der Waals surface area (Å²) in [5.74, 6) is -0.460. The van der Waals surface area contributed by atoms with E-state index in [9.17, 15) is 4.79 Å². The van der Waals surface area contributed by atoms with Crippen molar-refractivity contribution in [3.05, 3.63) is 42.1 Å². The van der Waals surface area contributed by atoms with Crippen LogP contribution in [0.1, 0.15) is 11.6 Å².